The Morgan fingerprint density at radius 3 is 2.35 bits per heavy atom. The summed E-state index contributed by atoms with van der Waals surface area (Å²) in [6, 6.07) is 0.221. The van der Waals surface area contributed by atoms with Crippen molar-refractivity contribution in [3.63, 3.8) is 0 Å². The third-order valence-corrected chi connectivity index (χ3v) is 3.49. The van der Waals surface area contributed by atoms with Gasteiger partial charge in [-0.15, -0.1) is 0 Å². The van der Waals surface area contributed by atoms with Gasteiger partial charge in [0.15, 0.2) is 0 Å². The first-order valence-corrected chi connectivity index (χ1v) is 6.18. The Morgan fingerprint density at radius 2 is 1.82 bits per heavy atom. The van der Waals surface area contributed by atoms with Crippen molar-refractivity contribution in [1.29, 1.82) is 0 Å². The predicted octanol–water partition coefficient (Wildman–Crippen LogP) is 1.43. The monoisotopic (exact) mass is 243 g/mol. The van der Waals surface area contributed by atoms with Crippen molar-refractivity contribution in [2.75, 3.05) is 13.1 Å². The van der Waals surface area contributed by atoms with Crippen molar-refractivity contribution in [2.24, 2.45) is 5.92 Å². The molecule has 2 N–H and O–H groups in total. The molecule has 1 fully saturated rings. The topological polar surface area (TPSA) is 77.8 Å². The molecule has 17 heavy (non-hydrogen) atoms. The van der Waals surface area contributed by atoms with Gasteiger partial charge in [-0.2, -0.15) is 0 Å². The zero-order valence-electron chi connectivity index (χ0n) is 10.3. The third kappa shape index (κ3) is 4.73. The van der Waals surface area contributed by atoms with Crippen LogP contribution in [0.15, 0.2) is 0 Å². The lowest BCUT2D eigenvalue weighted by Gasteiger charge is -2.37. The maximum Gasteiger partial charge on any atom is 0.317 e. The first-order chi connectivity index (χ1) is 8.00. The summed E-state index contributed by atoms with van der Waals surface area (Å²) in [7, 11) is 0. The Morgan fingerprint density at radius 1 is 1.18 bits per heavy atom. The molecule has 0 heterocycles. The molecule has 0 aliphatic heterocycles. The number of carboxylic acid groups (broad SMARTS) is 2. The molecule has 0 aromatic heterocycles. The summed E-state index contributed by atoms with van der Waals surface area (Å²) in [5.74, 6) is -1.30. The minimum Gasteiger partial charge on any atom is -0.481 e. The lowest BCUT2D eigenvalue weighted by Crippen LogP contribution is -2.45. The summed E-state index contributed by atoms with van der Waals surface area (Å²) < 4.78 is 0. The van der Waals surface area contributed by atoms with E-state index in [1.165, 1.54) is 6.42 Å². The number of carboxylic acids is 2. The van der Waals surface area contributed by atoms with Crippen LogP contribution in [0.1, 0.15) is 39.0 Å². The first kappa shape index (κ1) is 14.0. The van der Waals surface area contributed by atoms with E-state index in [1.54, 1.807) is 0 Å². The molecule has 0 spiro atoms. The van der Waals surface area contributed by atoms with Crippen LogP contribution in [0.3, 0.4) is 0 Å². The maximum absolute atomic E-state index is 10.8. The molecule has 0 radical (unpaired) electrons. The standard InChI is InChI=1S/C12H21NO4/c1-9-4-2-3-5-10(9)13(8-12(16)17)7-6-11(14)15/h9-10H,2-8H2,1H3,(H,14,15)(H,16,17). The molecule has 2 atom stereocenters. The van der Waals surface area contributed by atoms with Crippen LogP contribution < -0.4 is 0 Å². The molecule has 0 saturated heterocycles. The number of aliphatic carboxylic acids is 2. The molecule has 1 aliphatic rings. The highest BCUT2D eigenvalue weighted by Crippen LogP contribution is 2.28. The highest BCUT2D eigenvalue weighted by atomic mass is 16.4. The summed E-state index contributed by atoms with van der Waals surface area (Å²) in [4.78, 5) is 23.2. The Labute approximate surface area is 101 Å². The normalized spacial score (nSPS) is 24.8. The van der Waals surface area contributed by atoms with Gasteiger partial charge in [-0.25, -0.2) is 0 Å². The van der Waals surface area contributed by atoms with E-state index < -0.39 is 11.9 Å². The summed E-state index contributed by atoms with van der Waals surface area (Å²) in [5.41, 5.74) is 0. The van der Waals surface area contributed by atoms with E-state index >= 15 is 0 Å². The van der Waals surface area contributed by atoms with Crippen LogP contribution in [0.2, 0.25) is 0 Å². The van der Waals surface area contributed by atoms with Gasteiger partial charge in [-0.3, -0.25) is 14.5 Å². The quantitative estimate of drug-likeness (QED) is 0.737. The summed E-state index contributed by atoms with van der Waals surface area (Å²) >= 11 is 0. The van der Waals surface area contributed by atoms with Gasteiger partial charge in [-0.05, 0) is 18.8 Å². The molecule has 1 saturated carbocycles. The molecular weight excluding hydrogens is 222 g/mol. The molecule has 2 unspecified atom stereocenters. The van der Waals surface area contributed by atoms with Gasteiger partial charge in [0.05, 0.1) is 13.0 Å². The van der Waals surface area contributed by atoms with Crippen LogP contribution >= 0.6 is 0 Å². The van der Waals surface area contributed by atoms with Crippen LogP contribution in [-0.4, -0.2) is 46.2 Å². The number of carbonyl (C=O) groups is 2. The Kier molecular flexibility index (Phi) is 5.41. The van der Waals surface area contributed by atoms with Crippen molar-refractivity contribution >= 4 is 11.9 Å². The smallest absolute Gasteiger partial charge is 0.317 e. The SMILES string of the molecule is CC1CCCCC1N(CCC(=O)O)CC(=O)O. The molecule has 98 valence electrons. The van der Waals surface area contributed by atoms with Crippen molar-refractivity contribution in [3.05, 3.63) is 0 Å². The average molecular weight is 243 g/mol. The predicted molar refractivity (Wildman–Crippen MR) is 62.9 cm³/mol. The number of nitrogens with zero attached hydrogens (tertiary/aromatic N) is 1. The lowest BCUT2D eigenvalue weighted by molar-refractivity contribution is -0.142. The highest BCUT2D eigenvalue weighted by Gasteiger charge is 2.28. The zero-order valence-corrected chi connectivity index (χ0v) is 10.3. The molecule has 0 amide bonds. The lowest BCUT2D eigenvalue weighted by atomic mass is 9.85. The van der Waals surface area contributed by atoms with Gasteiger partial charge >= 0.3 is 11.9 Å². The molecule has 5 nitrogen and oxygen atoms in total. The van der Waals surface area contributed by atoms with E-state index in [-0.39, 0.29) is 19.0 Å². The highest BCUT2D eigenvalue weighted by molar-refractivity contribution is 5.69. The largest absolute Gasteiger partial charge is 0.481 e. The van der Waals surface area contributed by atoms with Crippen LogP contribution in [-0.2, 0) is 9.59 Å². The van der Waals surface area contributed by atoms with Crippen molar-refractivity contribution in [3.8, 4) is 0 Å². The number of hydrogen-bond acceptors (Lipinski definition) is 3. The molecular formula is C12H21NO4. The first-order valence-electron chi connectivity index (χ1n) is 6.18. The molecule has 1 aliphatic carbocycles. The summed E-state index contributed by atoms with van der Waals surface area (Å²) in [6.45, 7) is 2.40. The van der Waals surface area contributed by atoms with Gasteiger partial charge in [0.1, 0.15) is 0 Å². The Hall–Kier alpha value is -1.10. The van der Waals surface area contributed by atoms with Crippen molar-refractivity contribution in [2.45, 2.75) is 45.1 Å². The fourth-order valence-electron chi connectivity index (χ4n) is 2.61. The minimum absolute atomic E-state index is 0.0104. The van der Waals surface area contributed by atoms with Gasteiger partial charge in [0.2, 0.25) is 0 Å². The zero-order chi connectivity index (χ0) is 12.8. The fraction of sp³-hybridized carbons (Fsp3) is 0.833. The van der Waals surface area contributed by atoms with Crippen LogP contribution in [0.4, 0.5) is 0 Å². The van der Waals surface area contributed by atoms with Gasteiger partial charge in [-0.1, -0.05) is 19.8 Å². The van der Waals surface area contributed by atoms with Crippen molar-refractivity contribution in [1.82, 2.24) is 4.90 Å². The average Bonchev–Trinajstić information content (AvgIpc) is 2.24. The second-order valence-electron chi connectivity index (χ2n) is 4.84. The summed E-state index contributed by atoms with van der Waals surface area (Å²) in [6.07, 6.45) is 4.40. The number of hydrogen-bond donors (Lipinski definition) is 2. The maximum atomic E-state index is 10.8. The van der Waals surface area contributed by atoms with E-state index in [4.69, 9.17) is 10.2 Å². The van der Waals surface area contributed by atoms with E-state index in [0.717, 1.165) is 19.3 Å². The second-order valence-corrected chi connectivity index (χ2v) is 4.84. The number of rotatable bonds is 6. The van der Waals surface area contributed by atoms with Crippen LogP contribution in [0, 0.1) is 5.92 Å². The molecule has 1 rings (SSSR count). The Balaban J connectivity index is 2.59. The summed E-state index contributed by atoms with van der Waals surface area (Å²) in [5, 5.41) is 17.6. The second kappa shape index (κ2) is 6.59. The van der Waals surface area contributed by atoms with Gasteiger partial charge < -0.3 is 10.2 Å². The molecule has 5 heteroatoms. The van der Waals surface area contributed by atoms with E-state index in [2.05, 4.69) is 6.92 Å². The van der Waals surface area contributed by atoms with Gasteiger partial charge in [0, 0.05) is 12.6 Å². The minimum atomic E-state index is -0.881. The van der Waals surface area contributed by atoms with Crippen LogP contribution in [0.25, 0.3) is 0 Å². The Bertz CT molecular complexity index is 280. The molecule has 0 bridgehead atoms. The van der Waals surface area contributed by atoms with Crippen LogP contribution in [0.5, 0.6) is 0 Å². The van der Waals surface area contributed by atoms with E-state index in [0.29, 0.717) is 12.5 Å². The third-order valence-electron chi connectivity index (χ3n) is 3.49. The van der Waals surface area contributed by atoms with E-state index in [1.807, 2.05) is 4.90 Å². The van der Waals surface area contributed by atoms with Crippen molar-refractivity contribution < 1.29 is 19.8 Å². The molecule has 0 aromatic rings. The molecule has 0 aromatic carbocycles. The fourth-order valence-corrected chi connectivity index (χ4v) is 2.61. The van der Waals surface area contributed by atoms with E-state index in [9.17, 15) is 9.59 Å². The van der Waals surface area contributed by atoms with Gasteiger partial charge in [0.25, 0.3) is 0 Å².